The first-order chi connectivity index (χ1) is 10.0. The molecule has 6 nitrogen and oxygen atoms in total. The Labute approximate surface area is 128 Å². The number of ether oxygens (including phenoxy) is 2. The molecule has 0 aliphatic carbocycles. The first kappa shape index (κ1) is 16.9. The van der Waals surface area contributed by atoms with Gasteiger partial charge in [-0.05, 0) is 12.5 Å². The van der Waals surface area contributed by atoms with Gasteiger partial charge < -0.3 is 20.1 Å². The van der Waals surface area contributed by atoms with Gasteiger partial charge in [-0.15, -0.1) is 0 Å². The van der Waals surface area contributed by atoms with E-state index in [9.17, 15) is 9.59 Å². The molecule has 7 heteroatoms. The van der Waals surface area contributed by atoms with Crippen molar-refractivity contribution in [3.63, 3.8) is 0 Å². The number of esters is 1. The summed E-state index contributed by atoms with van der Waals surface area (Å²) in [5, 5.41) is 5.27. The monoisotopic (exact) mass is 310 g/mol. The third kappa shape index (κ3) is 6.71. The van der Waals surface area contributed by atoms with E-state index in [2.05, 4.69) is 15.4 Å². The maximum Gasteiger partial charge on any atom is 0.408 e. The molecule has 0 unspecified atom stereocenters. The van der Waals surface area contributed by atoms with Crippen LogP contribution in [0.3, 0.4) is 0 Å². The molecule has 0 saturated carbocycles. The maximum absolute atomic E-state index is 11.6. The zero-order chi connectivity index (χ0) is 15.7. The lowest BCUT2D eigenvalue weighted by Gasteiger charge is -2.16. The summed E-state index contributed by atoms with van der Waals surface area (Å²) in [5.41, 5.74) is 0.895. The number of rotatable bonds is 6. The van der Waals surface area contributed by atoms with Crippen molar-refractivity contribution in [2.24, 2.45) is 0 Å². The van der Waals surface area contributed by atoms with Crippen molar-refractivity contribution in [3.05, 3.63) is 35.9 Å². The fourth-order valence-corrected chi connectivity index (χ4v) is 1.52. The van der Waals surface area contributed by atoms with Gasteiger partial charge in [-0.2, -0.15) is 0 Å². The van der Waals surface area contributed by atoms with Crippen LogP contribution < -0.4 is 10.6 Å². The van der Waals surface area contributed by atoms with Crippen LogP contribution in [-0.2, 0) is 20.9 Å². The Morgan fingerprint density at radius 3 is 2.57 bits per heavy atom. The van der Waals surface area contributed by atoms with Crippen molar-refractivity contribution in [1.29, 1.82) is 0 Å². The molecule has 0 saturated heterocycles. The van der Waals surface area contributed by atoms with Crippen LogP contribution in [0.25, 0.3) is 0 Å². The molecule has 1 rings (SSSR count). The molecule has 0 radical (unpaired) electrons. The summed E-state index contributed by atoms with van der Waals surface area (Å²) in [4.78, 5) is 22.9. The Morgan fingerprint density at radius 1 is 1.29 bits per heavy atom. The van der Waals surface area contributed by atoms with Gasteiger partial charge in [0.05, 0.1) is 18.1 Å². The zero-order valence-corrected chi connectivity index (χ0v) is 12.7. The normalized spacial score (nSPS) is 11.1. The fourth-order valence-electron chi connectivity index (χ4n) is 1.39. The van der Waals surface area contributed by atoms with E-state index in [1.807, 2.05) is 30.3 Å². The number of alkyl carbamates (subject to hydrolysis) is 1. The molecule has 0 aliphatic rings. The number of benzene rings is 1. The number of hydrogen-bond donors (Lipinski definition) is 2. The molecular formula is C14H18N2O4S. The number of amides is 1. The van der Waals surface area contributed by atoms with Crippen LogP contribution in [0.5, 0.6) is 0 Å². The second-order valence-electron chi connectivity index (χ2n) is 4.22. The smallest absolute Gasteiger partial charge is 0.408 e. The van der Waals surface area contributed by atoms with Gasteiger partial charge in [-0.25, -0.2) is 4.79 Å². The molecule has 0 spiro atoms. The Balaban J connectivity index is 2.29. The van der Waals surface area contributed by atoms with Gasteiger partial charge >= 0.3 is 12.1 Å². The summed E-state index contributed by atoms with van der Waals surface area (Å²) < 4.78 is 9.54. The number of nitrogens with one attached hydrogen (secondary N) is 2. The third-order valence-electron chi connectivity index (χ3n) is 2.58. The standard InChI is InChI=1S/C14H18N2O4S/c1-10(13(21)15-8-12(17)19-2)16-14(18)20-9-11-6-4-3-5-7-11/h3-7,10H,8-9H2,1-2H3,(H,15,21)(H,16,18)/t10-/m0/s1. The van der Waals surface area contributed by atoms with Crippen molar-refractivity contribution < 1.29 is 19.1 Å². The predicted octanol–water partition coefficient (Wildman–Crippen LogP) is 1.39. The van der Waals surface area contributed by atoms with Crippen LogP contribution in [0.2, 0.25) is 0 Å². The average molecular weight is 310 g/mol. The minimum atomic E-state index is -0.575. The Kier molecular flexibility index (Phi) is 7.17. The van der Waals surface area contributed by atoms with Crippen molar-refractivity contribution in [2.45, 2.75) is 19.6 Å². The SMILES string of the molecule is COC(=O)CNC(=S)[C@H](C)NC(=O)OCc1ccccc1. The van der Waals surface area contributed by atoms with E-state index < -0.39 is 18.1 Å². The summed E-state index contributed by atoms with van der Waals surface area (Å²) >= 11 is 5.05. The highest BCUT2D eigenvalue weighted by Gasteiger charge is 2.13. The van der Waals surface area contributed by atoms with Crippen LogP contribution in [0.4, 0.5) is 4.79 Å². The molecule has 1 atom stereocenters. The summed E-state index contributed by atoms with van der Waals surface area (Å²) in [6.07, 6.45) is -0.575. The van der Waals surface area contributed by atoms with E-state index in [4.69, 9.17) is 17.0 Å². The van der Waals surface area contributed by atoms with E-state index in [1.165, 1.54) is 7.11 Å². The Morgan fingerprint density at radius 2 is 1.95 bits per heavy atom. The molecular weight excluding hydrogens is 292 g/mol. The van der Waals surface area contributed by atoms with Crippen molar-refractivity contribution >= 4 is 29.3 Å². The van der Waals surface area contributed by atoms with Gasteiger partial charge in [0.15, 0.2) is 0 Å². The van der Waals surface area contributed by atoms with E-state index in [-0.39, 0.29) is 13.2 Å². The molecule has 0 aromatic heterocycles. The number of thiocarbonyl (C=S) groups is 1. The third-order valence-corrected chi connectivity index (χ3v) is 3.07. The second-order valence-corrected chi connectivity index (χ2v) is 4.66. The predicted molar refractivity (Wildman–Crippen MR) is 81.8 cm³/mol. The molecule has 1 amide bonds. The first-order valence-corrected chi connectivity index (χ1v) is 6.75. The molecule has 1 aromatic carbocycles. The van der Waals surface area contributed by atoms with Crippen LogP contribution in [0.1, 0.15) is 12.5 Å². The number of hydrogen-bond acceptors (Lipinski definition) is 5. The average Bonchev–Trinajstić information content (AvgIpc) is 2.51. The molecule has 0 aliphatic heterocycles. The lowest BCUT2D eigenvalue weighted by Crippen LogP contribution is -2.45. The maximum atomic E-state index is 11.6. The van der Waals surface area contributed by atoms with Gasteiger partial charge in [-0.3, -0.25) is 4.79 Å². The van der Waals surface area contributed by atoms with Gasteiger partial charge in [-0.1, -0.05) is 42.5 Å². The van der Waals surface area contributed by atoms with Crippen LogP contribution >= 0.6 is 12.2 Å². The summed E-state index contributed by atoms with van der Waals surface area (Å²) in [6.45, 7) is 1.83. The first-order valence-electron chi connectivity index (χ1n) is 6.34. The number of methoxy groups -OCH3 is 1. The molecule has 114 valence electrons. The number of carbonyl (C=O) groups is 2. The van der Waals surface area contributed by atoms with Crippen molar-refractivity contribution in [2.75, 3.05) is 13.7 Å². The quantitative estimate of drug-likeness (QED) is 0.611. The van der Waals surface area contributed by atoms with Crippen molar-refractivity contribution in [1.82, 2.24) is 10.6 Å². The summed E-state index contributed by atoms with van der Waals surface area (Å²) in [5.74, 6) is -0.434. The van der Waals surface area contributed by atoms with Gasteiger partial charge in [0.2, 0.25) is 0 Å². The fraction of sp³-hybridized carbons (Fsp3) is 0.357. The topological polar surface area (TPSA) is 76.7 Å². The minimum Gasteiger partial charge on any atom is -0.468 e. The number of carbonyl (C=O) groups excluding carboxylic acids is 2. The summed E-state index contributed by atoms with van der Waals surface area (Å²) in [7, 11) is 1.29. The van der Waals surface area contributed by atoms with E-state index in [0.717, 1.165) is 5.56 Å². The Bertz CT molecular complexity index is 493. The van der Waals surface area contributed by atoms with Crippen LogP contribution in [0, 0.1) is 0 Å². The lowest BCUT2D eigenvalue weighted by atomic mass is 10.2. The largest absolute Gasteiger partial charge is 0.468 e. The van der Waals surface area contributed by atoms with Gasteiger partial charge in [0.1, 0.15) is 13.2 Å². The highest BCUT2D eigenvalue weighted by Crippen LogP contribution is 2.00. The summed E-state index contributed by atoms with van der Waals surface area (Å²) in [6, 6.07) is 8.89. The highest BCUT2D eigenvalue weighted by atomic mass is 32.1. The molecule has 21 heavy (non-hydrogen) atoms. The second kappa shape index (κ2) is 8.91. The van der Waals surface area contributed by atoms with Gasteiger partial charge in [0, 0.05) is 0 Å². The molecule has 2 N–H and O–H groups in total. The lowest BCUT2D eigenvalue weighted by molar-refractivity contribution is -0.139. The van der Waals surface area contributed by atoms with Crippen molar-refractivity contribution in [3.8, 4) is 0 Å². The van der Waals surface area contributed by atoms with Crippen LogP contribution in [0.15, 0.2) is 30.3 Å². The van der Waals surface area contributed by atoms with E-state index >= 15 is 0 Å². The van der Waals surface area contributed by atoms with E-state index in [0.29, 0.717) is 4.99 Å². The van der Waals surface area contributed by atoms with Gasteiger partial charge in [0.25, 0.3) is 0 Å². The highest BCUT2D eigenvalue weighted by molar-refractivity contribution is 7.80. The zero-order valence-electron chi connectivity index (χ0n) is 11.9. The molecule has 0 heterocycles. The minimum absolute atomic E-state index is 0.0413. The molecule has 0 fully saturated rings. The van der Waals surface area contributed by atoms with E-state index in [1.54, 1.807) is 6.92 Å². The molecule has 1 aromatic rings. The molecule has 0 bridgehead atoms. The Hall–Kier alpha value is -2.15. The van der Waals surface area contributed by atoms with Crippen LogP contribution in [-0.4, -0.2) is 36.7 Å².